The fourth-order valence-corrected chi connectivity index (χ4v) is 4.99. The van der Waals surface area contributed by atoms with Crippen LogP contribution in [0.2, 0.25) is 0 Å². The largest absolute Gasteiger partial charge is 0.458 e. The summed E-state index contributed by atoms with van der Waals surface area (Å²) < 4.78 is 6.85. The molecule has 2 aromatic rings. The molecule has 0 aromatic carbocycles. The second-order valence-electron chi connectivity index (χ2n) is 6.89. The van der Waals surface area contributed by atoms with Gasteiger partial charge >= 0.3 is 5.97 Å². The van der Waals surface area contributed by atoms with E-state index in [0.29, 0.717) is 23.5 Å². The predicted molar refractivity (Wildman–Crippen MR) is 96.7 cm³/mol. The van der Waals surface area contributed by atoms with E-state index in [1.807, 2.05) is 19.9 Å². The molecular weight excluding hydrogens is 354 g/mol. The summed E-state index contributed by atoms with van der Waals surface area (Å²) in [6.45, 7) is 3.80. The van der Waals surface area contributed by atoms with Gasteiger partial charge in [-0.3, -0.25) is 14.0 Å². The average molecular weight is 373 g/mol. The quantitative estimate of drug-likeness (QED) is 0.759. The van der Waals surface area contributed by atoms with Gasteiger partial charge in [0.05, 0.1) is 10.6 Å². The lowest BCUT2D eigenvalue weighted by molar-refractivity contribution is -0.154. The number of carbonyl (C=O) groups excluding carboxylic acids is 2. The molecule has 0 bridgehead atoms. The Bertz CT molecular complexity index is 973. The van der Waals surface area contributed by atoms with Crippen LogP contribution in [0.15, 0.2) is 29.2 Å². The highest BCUT2D eigenvalue weighted by molar-refractivity contribution is 8.01. The Labute approximate surface area is 154 Å². The van der Waals surface area contributed by atoms with E-state index < -0.39 is 12.0 Å². The Morgan fingerprint density at radius 3 is 3.04 bits per heavy atom. The first kappa shape index (κ1) is 17.1. The van der Waals surface area contributed by atoms with Gasteiger partial charge in [0.15, 0.2) is 0 Å². The van der Waals surface area contributed by atoms with Crippen molar-refractivity contribution < 1.29 is 14.3 Å². The van der Waals surface area contributed by atoms with Crippen molar-refractivity contribution >= 4 is 29.3 Å². The number of thioether (sulfide) groups is 1. The minimum Gasteiger partial charge on any atom is -0.458 e. The molecule has 8 heteroatoms. The van der Waals surface area contributed by atoms with Crippen molar-refractivity contribution in [2.24, 2.45) is 0 Å². The minimum atomic E-state index is -0.566. The number of carbonyl (C=O) groups is 2. The van der Waals surface area contributed by atoms with E-state index in [2.05, 4.69) is 4.98 Å². The highest BCUT2D eigenvalue weighted by Gasteiger charge is 2.53. The van der Waals surface area contributed by atoms with Crippen molar-refractivity contribution in [2.45, 2.75) is 44.2 Å². The second kappa shape index (κ2) is 6.12. The van der Waals surface area contributed by atoms with Crippen LogP contribution in [-0.2, 0) is 20.9 Å². The van der Waals surface area contributed by atoms with Crippen molar-refractivity contribution in [3.8, 4) is 0 Å². The fourth-order valence-electron chi connectivity index (χ4n) is 3.57. The van der Waals surface area contributed by atoms with Gasteiger partial charge in [-0.15, -0.1) is 11.8 Å². The standard InChI is InChI=1S/C18H19N3O4S/c1-11-3-4-14-19-12(7-16(23)20(14)8-11)9-25-17(24)13-10-26-18(2)6-5-15(22)21(13)18/h3-4,7-8,13H,5-6,9-10H2,1-2H3/t13-,18+/m0/s1. The van der Waals surface area contributed by atoms with Crippen LogP contribution in [0.1, 0.15) is 31.0 Å². The first-order chi connectivity index (χ1) is 12.4. The molecule has 136 valence electrons. The monoisotopic (exact) mass is 373 g/mol. The number of rotatable bonds is 3. The first-order valence-electron chi connectivity index (χ1n) is 8.49. The number of hydrogen-bond acceptors (Lipinski definition) is 6. The number of esters is 1. The topological polar surface area (TPSA) is 81.0 Å². The third kappa shape index (κ3) is 2.78. The fraction of sp³-hybridized carbons (Fsp3) is 0.444. The Balaban J connectivity index is 1.50. The van der Waals surface area contributed by atoms with Crippen LogP contribution < -0.4 is 5.56 Å². The average Bonchev–Trinajstić information content (AvgIpc) is 3.10. The molecule has 1 amide bonds. The van der Waals surface area contributed by atoms with Gasteiger partial charge in [0.1, 0.15) is 18.3 Å². The molecule has 0 aliphatic carbocycles. The molecule has 0 unspecified atom stereocenters. The van der Waals surface area contributed by atoms with E-state index in [4.69, 9.17) is 4.74 Å². The molecule has 0 saturated carbocycles. The lowest BCUT2D eigenvalue weighted by Gasteiger charge is -2.29. The molecule has 26 heavy (non-hydrogen) atoms. The first-order valence-corrected chi connectivity index (χ1v) is 9.48. The summed E-state index contributed by atoms with van der Waals surface area (Å²) >= 11 is 1.62. The smallest absolute Gasteiger partial charge is 0.330 e. The Morgan fingerprint density at radius 2 is 2.23 bits per heavy atom. The normalized spacial score (nSPS) is 24.9. The van der Waals surface area contributed by atoms with Gasteiger partial charge in [-0.1, -0.05) is 6.07 Å². The highest BCUT2D eigenvalue weighted by Crippen LogP contribution is 2.47. The number of fused-ring (bicyclic) bond motifs is 2. The van der Waals surface area contributed by atoms with Crippen molar-refractivity contribution in [3.63, 3.8) is 0 Å². The van der Waals surface area contributed by atoms with Crippen molar-refractivity contribution in [1.82, 2.24) is 14.3 Å². The molecule has 4 rings (SSSR count). The van der Waals surface area contributed by atoms with Crippen LogP contribution in [0.4, 0.5) is 0 Å². The Kier molecular flexibility index (Phi) is 4.02. The van der Waals surface area contributed by atoms with Crippen molar-refractivity contribution in [3.05, 3.63) is 46.0 Å². The van der Waals surface area contributed by atoms with Crippen LogP contribution in [0.5, 0.6) is 0 Å². The summed E-state index contributed by atoms with van der Waals surface area (Å²) in [5.41, 5.74) is 1.64. The maximum atomic E-state index is 12.5. The molecule has 2 aliphatic rings. The Hall–Kier alpha value is -2.35. The zero-order valence-electron chi connectivity index (χ0n) is 14.6. The number of aromatic nitrogens is 2. The summed E-state index contributed by atoms with van der Waals surface area (Å²) in [5.74, 6) is 0.0908. The van der Waals surface area contributed by atoms with Crippen LogP contribution in [0.25, 0.3) is 5.65 Å². The number of pyridine rings is 1. The van der Waals surface area contributed by atoms with Gasteiger partial charge in [0.25, 0.3) is 5.56 Å². The summed E-state index contributed by atoms with van der Waals surface area (Å²) in [6, 6.07) is 4.43. The van der Waals surface area contributed by atoms with E-state index in [1.165, 1.54) is 10.5 Å². The molecule has 2 aromatic heterocycles. The zero-order valence-corrected chi connectivity index (χ0v) is 15.4. The van der Waals surface area contributed by atoms with E-state index in [1.54, 1.807) is 28.9 Å². The molecule has 0 radical (unpaired) electrons. The number of aryl methyl sites for hydroxylation is 1. The van der Waals surface area contributed by atoms with Crippen LogP contribution in [-0.4, -0.2) is 42.8 Å². The lowest BCUT2D eigenvalue weighted by atomic mass is 10.2. The minimum absolute atomic E-state index is 0.00288. The lowest BCUT2D eigenvalue weighted by Crippen LogP contribution is -2.46. The van der Waals surface area contributed by atoms with Crippen molar-refractivity contribution in [2.75, 3.05) is 5.75 Å². The van der Waals surface area contributed by atoms with Crippen molar-refractivity contribution in [1.29, 1.82) is 0 Å². The molecule has 0 N–H and O–H groups in total. The molecular formula is C18H19N3O4S. The van der Waals surface area contributed by atoms with E-state index in [9.17, 15) is 14.4 Å². The molecule has 0 spiro atoms. The maximum Gasteiger partial charge on any atom is 0.330 e. The van der Waals surface area contributed by atoms with Crippen LogP contribution in [0.3, 0.4) is 0 Å². The Morgan fingerprint density at radius 1 is 1.42 bits per heavy atom. The molecule has 7 nitrogen and oxygen atoms in total. The van der Waals surface area contributed by atoms with Gasteiger partial charge in [0.2, 0.25) is 5.91 Å². The SMILES string of the molecule is Cc1ccc2nc(COC(=O)[C@@H]3CS[C@]4(C)CCC(=O)N34)cc(=O)n2c1. The number of hydrogen-bond donors (Lipinski definition) is 0. The van der Waals surface area contributed by atoms with Gasteiger partial charge in [-0.25, -0.2) is 9.78 Å². The van der Waals surface area contributed by atoms with E-state index in [-0.39, 0.29) is 22.9 Å². The molecule has 2 saturated heterocycles. The van der Waals surface area contributed by atoms with Gasteiger partial charge in [-0.05, 0) is 31.9 Å². The summed E-state index contributed by atoms with van der Waals surface area (Å²) in [4.78, 5) is 42.6. The molecule has 2 fully saturated rings. The third-order valence-corrected chi connectivity index (χ3v) is 6.44. The summed E-state index contributed by atoms with van der Waals surface area (Å²) in [6.07, 6.45) is 2.94. The molecule has 4 heterocycles. The zero-order chi connectivity index (χ0) is 18.5. The van der Waals surface area contributed by atoms with E-state index >= 15 is 0 Å². The van der Waals surface area contributed by atoms with Gasteiger partial charge in [-0.2, -0.15) is 0 Å². The van der Waals surface area contributed by atoms with Gasteiger partial charge in [0, 0.05) is 24.4 Å². The van der Waals surface area contributed by atoms with Crippen LogP contribution in [0, 0.1) is 6.92 Å². The highest BCUT2D eigenvalue weighted by atomic mass is 32.2. The second-order valence-corrected chi connectivity index (χ2v) is 8.40. The summed E-state index contributed by atoms with van der Waals surface area (Å²) in [5, 5.41) is 0. The number of amides is 1. The summed E-state index contributed by atoms with van der Waals surface area (Å²) in [7, 11) is 0. The van der Waals surface area contributed by atoms with Gasteiger partial charge < -0.3 is 9.64 Å². The van der Waals surface area contributed by atoms with E-state index in [0.717, 1.165) is 12.0 Å². The van der Waals surface area contributed by atoms with Crippen LogP contribution >= 0.6 is 11.8 Å². The predicted octanol–water partition coefficient (Wildman–Crippen LogP) is 1.50. The molecule has 2 atom stereocenters. The molecule has 2 aliphatic heterocycles. The third-order valence-electron chi connectivity index (χ3n) is 4.94. The number of ether oxygens (including phenoxy) is 1. The maximum absolute atomic E-state index is 12.5. The number of nitrogens with zero attached hydrogens (tertiary/aromatic N) is 3.